The van der Waals surface area contributed by atoms with Crippen LogP contribution in [0.4, 0.5) is 11.4 Å². The van der Waals surface area contributed by atoms with Crippen LogP contribution in [0.5, 0.6) is 0 Å². The minimum atomic E-state index is -0.601. The highest BCUT2D eigenvalue weighted by Crippen LogP contribution is 2.36. The third-order valence-corrected chi connectivity index (χ3v) is 4.45. The first kappa shape index (κ1) is 12.2. The summed E-state index contributed by atoms with van der Waals surface area (Å²) in [6, 6.07) is 4.00. The number of aromatic nitrogens is 1. The minimum absolute atomic E-state index is 0.0246. The Morgan fingerprint density at radius 2 is 2.26 bits per heavy atom. The van der Waals surface area contributed by atoms with Crippen LogP contribution < -0.4 is 16.0 Å². The lowest BCUT2D eigenvalue weighted by Crippen LogP contribution is -2.62. The molecule has 6 heteroatoms. The molecule has 1 aliphatic heterocycles. The lowest BCUT2D eigenvalue weighted by Gasteiger charge is -2.43. The number of fused-ring (bicyclic) bond motifs is 1. The van der Waals surface area contributed by atoms with Gasteiger partial charge in [-0.2, -0.15) is 0 Å². The fraction of sp³-hybridized carbons (Fsp3) is 0.385. The van der Waals surface area contributed by atoms with Gasteiger partial charge < -0.3 is 16.0 Å². The van der Waals surface area contributed by atoms with Crippen LogP contribution >= 0.6 is 11.3 Å². The number of carbonyl (C=O) groups is 1. The number of hydrogen-bond acceptors (Lipinski definition) is 5. The van der Waals surface area contributed by atoms with Gasteiger partial charge in [0, 0.05) is 13.1 Å². The van der Waals surface area contributed by atoms with Crippen molar-refractivity contribution in [1.29, 1.82) is 0 Å². The van der Waals surface area contributed by atoms with Crippen LogP contribution in [0, 0.1) is 0 Å². The van der Waals surface area contributed by atoms with Gasteiger partial charge in [0.25, 0.3) is 0 Å². The second-order valence-electron chi connectivity index (χ2n) is 5.16. The number of benzene rings is 1. The van der Waals surface area contributed by atoms with E-state index >= 15 is 0 Å². The van der Waals surface area contributed by atoms with E-state index in [2.05, 4.69) is 15.2 Å². The van der Waals surface area contributed by atoms with Crippen molar-refractivity contribution >= 4 is 38.8 Å². The monoisotopic (exact) mass is 276 g/mol. The number of hydrogen-bond donors (Lipinski definition) is 2. The van der Waals surface area contributed by atoms with E-state index in [-0.39, 0.29) is 5.91 Å². The molecule has 1 amide bonds. The maximum atomic E-state index is 12.0. The maximum Gasteiger partial charge on any atom is 0.245 e. The number of carbonyl (C=O) groups excluding carboxylic acids is 1. The predicted octanol–water partition coefficient (Wildman–Crippen LogP) is 1.59. The van der Waals surface area contributed by atoms with Gasteiger partial charge in [0.05, 0.1) is 21.6 Å². The molecule has 0 spiro atoms. The van der Waals surface area contributed by atoms with Crippen molar-refractivity contribution in [1.82, 2.24) is 10.3 Å². The first-order valence-corrected chi connectivity index (χ1v) is 7.07. The van der Waals surface area contributed by atoms with E-state index < -0.39 is 5.54 Å². The molecule has 0 radical (unpaired) electrons. The Morgan fingerprint density at radius 3 is 3.05 bits per heavy atom. The van der Waals surface area contributed by atoms with Crippen LogP contribution in [0.15, 0.2) is 17.6 Å². The normalized spacial score (nSPS) is 18.6. The van der Waals surface area contributed by atoms with Crippen LogP contribution in [0.25, 0.3) is 10.2 Å². The number of amides is 1. The van der Waals surface area contributed by atoms with Gasteiger partial charge in [-0.1, -0.05) is 0 Å². The standard InChI is InChI=1S/C13H16N4OS/c1-13(2)12(18)15-5-6-17(13)8-3-4-9-11(10(8)14)16-7-19-9/h3-4,7H,5-6,14H2,1-2H3,(H,15,18). The van der Waals surface area contributed by atoms with E-state index in [9.17, 15) is 4.79 Å². The average molecular weight is 276 g/mol. The summed E-state index contributed by atoms with van der Waals surface area (Å²) in [4.78, 5) is 18.4. The van der Waals surface area contributed by atoms with Crippen molar-refractivity contribution in [2.24, 2.45) is 0 Å². The van der Waals surface area contributed by atoms with Gasteiger partial charge in [0.15, 0.2) is 0 Å². The summed E-state index contributed by atoms with van der Waals surface area (Å²) >= 11 is 1.57. The second-order valence-corrected chi connectivity index (χ2v) is 6.05. The summed E-state index contributed by atoms with van der Waals surface area (Å²) in [6.45, 7) is 5.20. The number of nitrogens with two attached hydrogens (primary N) is 1. The largest absolute Gasteiger partial charge is 0.395 e. The number of thiazole rings is 1. The Bertz CT molecular complexity index is 649. The molecule has 2 heterocycles. The zero-order valence-electron chi connectivity index (χ0n) is 10.9. The summed E-state index contributed by atoms with van der Waals surface area (Å²) in [7, 11) is 0. The quantitative estimate of drug-likeness (QED) is 0.776. The zero-order chi connectivity index (χ0) is 13.6. The molecule has 0 saturated carbocycles. The third-order valence-electron chi connectivity index (χ3n) is 3.66. The molecule has 0 atom stereocenters. The molecule has 1 aromatic carbocycles. The van der Waals surface area contributed by atoms with E-state index in [0.29, 0.717) is 12.2 Å². The number of nitrogen functional groups attached to an aromatic ring is 1. The third kappa shape index (κ3) is 1.74. The molecule has 1 saturated heterocycles. The molecule has 0 bridgehead atoms. The summed E-state index contributed by atoms with van der Waals surface area (Å²) in [5, 5.41) is 2.89. The van der Waals surface area contributed by atoms with Crippen LogP contribution in [0.1, 0.15) is 13.8 Å². The van der Waals surface area contributed by atoms with Gasteiger partial charge in [-0.3, -0.25) is 4.79 Å². The summed E-state index contributed by atoms with van der Waals surface area (Å²) in [6.07, 6.45) is 0. The van der Waals surface area contributed by atoms with Crippen molar-refractivity contribution in [3.05, 3.63) is 17.6 Å². The SMILES string of the molecule is CC1(C)C(=O)NCCN1c1ccc2scnc2c1N. The van der Waals surface area contributed by atoms with Gasteiger partial charge in [0.2, 0.25) is 5.91 Å². The molecule has 3 N–H and O–H groups in total. The van der Waals surface area contributed by atoms with Crippen molar-refractivity contribution in [2.75, 3.05) is 23.7 Å². The average Bonchev–Trinajstić information content (AvgIpc) is 2.83. The molecular weight excluding hydrogens is 260 g/mol. The molecule has 3 rings (SSSR count). The molecule has 1 aliphatic rings. The highest BCUT2D eigenvalue weighted by Gasteiger charge is 2.38. The maximum absolute atomic E-state index is 12.0. The first-order valence-electron chi connectivity index (χ1n) is 6.19. The number of nitrogens with zero attached hydrogens (tertiary/aromatic N) is 2. The topological polar surface area (TPSA) is 71.2 Å². The minimum Gasteiger partial charge on any atom is -0.395 e. The lowest BCUT2D eigenvalue weighted by atomic mass is 9.97. The number of anilines is 2. The lowest BCUT2D eigenvalue weighted by molar-refractivity contribution is -0.126. The molecule has 19 heavy (non-hydrogen) atoms. The fourth-order valence-electron chi connectivity index (χ4n) is 2.50. The van der Waals surface area contributed by atoms with Gasteiger partial charge in [-0.15, -0.1) is 11.3 Å². The number of piperazine rings is 1. The van der Waals surface area contributed by atoms with E-state index in [1.807, 2.05) is 26.0 Å². The Hall–Kier alpha value is -1.82. The van der Waals surface area contributed by atoms with E-state index in [1.165, 1.54) is 0 Å². The Kier molecular flexibility index (Phi) is 2.63. The second kappa shape index (κ2) is 4.09. The van der Waals surface area contributed by atoms with Gasteiger partial charge >= 0.3 is 0 Å². The van der Waals surface area contributed by atoms with Crippen LogP contribution in [-0.2, 0) is 4.79 Å². The summed E-state index contributed by atoms with van der Waals surface area (Å²) in [5.74, 6) is 0.0246. The van der Waals surface area contributed by atoms with E-state index in [1.54, 1.807) is 16.8 Å². The molecule has 1 aromatic heterocycles. The smallest absolute Gasteiger partial charge is 0.245 e. The molecule has 100 valence electrons. The number of nitrogens with one attached hydrogen (secondary N) is 1. The van der Waals surface area contributed by atoms with Crippen molar-refractivity contribution in [3.63, 3.8) is 0 Å². The Labute approximate surface area is 115 Å². The van der Waals surface area contributed by atoms with E-state index in [4.69, 9.17) is 5.73 Å². The van der Waals surface area contributed by atoms with Crippen LogP contribution in [0.2, 0.25) is 0 Å². The molecule has 0 aliphatic carbocycles. The Balaban J connectivity index is 2.13. The van der Waals surface area contributed by atoms with Gasteiger partial charge in [-0.05, 0) is 26.0 Å². The molecule has 1 fully saturated rings. The van der Waals surface area contributed by atoms with Crippen molar-refractivity contribution in [2.45, 2.75) is 19.4 Å². The van der Waals surface area contributed by atoms with Crippen molar-refractivity contribution < 1.29 is 4.79 Å². The molecular formula is C13H16N4OS. The molecule has 0 unspecified atom stereocenters. The van der Waals surface area contributed by atoms with Crippen LogP contribution in [0.3, 0.4) is 0 Å². The van der Waals surface area contributed by atoms with Gasteiger partial charge in [0.1, 0.15) is 11.1 Å². The zero-order valence-corrected chi connectivity index (χ0v) is 11.8. The fourth-order valence-corrected chi connectivity index (χ4v) is 3.19. The summed E-state index contributed by atoms with van der Waals surface area (Å²) in [5.41, 5.74) is 9.79. The molecule has 2 aromatic rings. The first-order chi connectivity index (χ1) is 9.01. The summed E-state index contributed by atoms with van der Waals surface area (Å²) < 4.78 is 1.07. The van der Waals surface area contributed by atoms with Crippen LogP contribution in [-0.4, -0.2) is 29.5 Å². The Morgan fingerprint density at radius 1 is 1.47 bits per heavy atom. The van der Waals surface area contributed by atoms with Crippen molar-refractivity contribution in [3.8, 4) is 0 Å². The highest BCUT2D eigenvalue weighted by atomic mass is 32.1. The molecule has 5 nitrogen and oxygen atoms in total. The highest BCUT2D eigenvalue weighted by molar-refractivity contribution is 7.16. The number of rotatable bonds is 1. The van der Waals surface area contributed by atoms with E-state index in [0.717, 1.165) is 22.4 Å². The predicted molar refractivity (Wildman–Crippen MR) is 78.5 cm³/mol. The van der Waals surface area contributed by atoms with Gasteiger partial charge in [-0.25, -0.2) is 4.98 Å².